The van der Waals surface area contributed by atoms with Crippen molar-refractivity contribution in [3.8, 4) is 0 Å². The molecule has 1 saturated heterocycles. The Morgan fingerprint density at radius 2 is 2.50 bits per heavy atom. The number of thiocarbonyl (C=S) groups is 1. The van der Waals surface area contributed by atoms with Crippen LogP contribution in [0.1, 0.15) is 12.8 Å². The molecule has 0 amide bonds. The second-order valence-corrected chi connectivity index (χ2v) is 2.38. The van der Waals surface area contributed by atoms with Gasteiger partial charge in [-0.25, -0.2) is 0 Å². The molecule has 1 rings (SSSR count). The van der Waals surface area contributed by atoms with Crippen LogP contribution in [-0.4, -0.2) is 17.7 Å². The van der Waals surface area contributed by atoms with Crippen LogP contribution < -0.4 is 5.73 Å². The first-order valence-corrected chi connectivity index (χ1v) is 3.12. The zero-order valence-corrected chi connectivity index (χ0v) is 5.41. The fraction of sp³-hybridized carbons (Fsp3) is 0.800. The Morgan fingerprint density at radius 1 is 1.75 bits per heavy atom. The van der Waals surface area contributed by atoms with Crippen LogP contribution in [0.25, 0.3) is 0 Å². The summed E-state index contributed by atoms with van der Waals surface area (Å²) in [5, 5.41) is 0. The number of hydrogen-bond acceptors (Lipinski definition) is 2. The summed E-state index contributed by atoms with van der Waals surface area (Å²) < 4.78 is 5.15. The lowest BCUT2D eigenvalue weighted by Crippen LogP contribution is -2.25. The monoisotopic (exact) mass is 131 g/mol. The smallest absolute Gasteiger partial charge is 0.107 e. The van der Waals surface area contributed by atoms with E-state index >= 15 is 0 Å². The van der Waals surface area contributed by atoms with Crippen molar-refractivity contribution < 1.29 is 4.74 Å². The van der Waals surface area contributed by atoms with Gasteiger partial charge in [-0.3, -0.25) is 0 Å². The molecule has 1 fully saturated rings. The minimum absolute atomic E-state index is 0.0741. The van der Waals surface area contributed by atoms with Gasteiger partial charge in [-0.1, -0.05) is 12.2 Å². The first-order valence-electron chi connectivity index (χ1n) is 2.71. The third-order valence-electron chi connectivity index (χ3n) is 1.25. The third kappa shape index (κ3) is 1.17. The zero-order valence-electron chi connectivity index (χ0n) is 4.59. The highest BCUT2D eigenvalue weighted by atomic mass is 32.1. The number of rotatable bonds is 1. The largest absolute Gasteiger partial charge is 0.391 e. The molecule has 0 unspecified atom stereocenters. The molecule has 0 radical (unpaired) electrons. The van der Waals surface area contributed by atoms with Gasteiger partial charge in [0.2, 0.25) is 0 Å². The van der Waals surface area contributed by atoms with Crippen molar-refractivity contribution >= 4 is 17.2 Å². The summed E-state index contributed by atoms with van der Waals surface area (Å²) in [6, 6.07) is 0. The predicted octanol–water partition coefficient (Wildman–Crippen LogP) is 0.452. The van der Waals surface area contributed by atoms with Crippen LogP contribution in [0.2, 0.25) is 0 Å². The van der Waals surface area contributed by atoms with E-state index in [4.69, 9.17) is 22.7 Å². The van der Waals surface area contributed by atoms with E-state index in [0.717, 1.165) is 19.4 Å². The van der Waals surface area contributed by atoms with E-state index in [-0.39, 0.29) is 6.10 Å². The predicted molar refractivity (Wildman–Crippen MR) is 35.8 cm³/mol. The summed E-state index contributed by atoms with van der Waals surface area (Å²) in [5.41, 5.74) is 5.30. The average Bonchev–Trinajstić information content (AvgIpc) is 2.12. The summed E-state index contributed by atoms with van der Waals surface area (Å²) >= 11 is 4.71. The third-order valence-corrected chi connectivity index (χ3v) is 1.51. The maximum atomic E-state index is 5.30. The molecule has 1 heterocycles. The van der Waals surface area contributed by atoms with Crippen molar-refractivity contribution in [2.24, 2.45) is 5.73 Å². The van der Waals surface area contributed by atoms with Crippen LogP contribution in [0.5, 0.6) is 0 Å². The molecule has 0 aromatic heterocycles. The van der Waals surface area contributed by atoms with Crippen LogP contribution in [0.15, 0.2) is 0 Å². The molecular formula is C5H9NOS. The quantitative estimate of drug-likeness (QED) is 0.525. The number of nitrogens with two attached hydrogens (primary N) is 1. The van der Waals surface area contributed by atoms with Gasteiger partial charge < -0.3 is 10.5 Å². The van der Waals surface area contributed by atoms with Crippen molar-refractivity contribution in [3.63, 3.8) is 0 Å². The molecule has 1 aliphatic heterocycles. The van der Waals surface area contributed by atoms with Crippen molar-refractivity contribution in [2.75, 3.05) is 6.61 Å². The Labute approximate surface area is 54.0 Å². The molecule has 0 aliphatic carbocycles. The van der Waals surface area contributed by atoms with E-state index in [1.165, 1.54) is 0 Å². The topological polar surface area (TPSA) is 35.2 Å². The van der Waals surface area contributed by atoms with Gasteiger partial charge in [0.05, 0.1) is 0 Å². The van der Waals surface area contributed by atoms with Crippen molar-refractivity contribution in [2.45, 2.75) is 18.9 Å². The Bertz CT molecular complexity index is 98.6. The highest BCUT2D eigenvalue weighted by Gasteiger charge is 2.16. The van der Waals surface area contributed by atoms with E-state index < -0.39 is 0 Å². The van der Waals surface area contributed by atoms with Gasteiger partial charge in [0.15, 0.2) is 0 Å². The average molecular weight is 131 g/mol. The fourth-order valence-electron chi connectivity index (χ4n) is 0.802. The molecule has 2 N–H and O–H groups in total. The Hall–Kier alpha value is -0.150. The van der Waals surface area contributed by atoms with Gasteiger partial charge in [-0.2, -0.15) is 0 Å². The molecule has 8 heavy (non-hydrogen) atoms. The van der Waals surface area contributed by atoms with E-state index in [1.54, 1.807) is 0 Å². The fourth-order valence-corrected chi connectivity index (χ4v) is 0.988. The standard InChI is InChI=1S/C5H9NOS/c6-5(8)4-2-1-3-7-4/h4H,1-3H2,(H2,6,8)/t4-/m0/s1. The Balaban J connectivity index is 2.35. The maximum absolute atomic E-state index is 5.30. The lowest BCUT2D eigenvalue weighted by molar-refractivity contribution is 0.159. The zero-order chi connectivity index (χ0) is 5.98. The summed E-state index contributed by atoms with van der Waals surface area (Å²) in [6.07, 6.45) is 2.18. The van der Waals surface area contributed by atoms with E-state index in [9.17, 15) is 0 Å². The van der Waals surface area contributed by atoms with Gasteiger partial charge >= 0.3 is 0 Å². The van der Waals surface area contributed by atoms with E-state index in [0.29, 0.717) is 4.99 Å². The molecule has 0 aromatic rings. The van der Waals surface area contributed by atoms with Crippen LogP contribution in [-0.2, 0) is 4.74 Å². The first-order chi connectivity index (χ1) is 3.80. The van der Waals surface area contributed by atoms with Crippen molar-refractivity contribution in [1.82, 2.24) is 0 Å². The molecule has 1 aliphatic rings. The Kier molecular flexibility index (Phi) is 1.81. The molecule has 46 valence electrons. The van der Waals surface area contributed by atoms with Gasteiger partial charge in [-0.05, 0) is 12.8 Å². The molecule has 0 bridgehead atoms. The van der Waals surface area contributed by atoms with Gasteiger partial charge in [-0.15, -0.1) is 0 Å². The minimum atomic E-state index is 0.0741. The molecule has 3 heteroatoms. The summed E-state index contributed by atoms with van der Waals surface area (Å²) in [5.74, 6) is 0. The summed E-state index contributed by atoms with van der Waals surface area (Å²) in [6.45, 7) is 0.821. The molecule has 1 atom stereocenters. The van der Waals surface area contributed by atoms with Crippen LogP contribution in [0.4, 0.5) is 0 Å². The highest BCUT2D eigenvalue weighted by Crippen LogP contribution is 2.11. The van der Waals surface area contributed by atoms with Crippen LogP contribution >= 0.6 is 12.2 Å². The number of ether oxygens (including phenoxy) is 1. The summed E-state index contributed by atoms with van der Waals surface area (Å²) in [7, 11) is 0. The molecule has 0 saturated carbocycles. The van der Waals surface area contributed by atoms with Crippen LogP contribution in [0, 0.1) is 0 Å². The second kappa shape index (κ2) is 2.42. The summed E-state index contributed by atoms with van der Waals surface area (Å²) in [4.78, 5) is 0.502. The van der Waals surface area contributed by atoms with Gasteiger partial charge in [0.25, 0.3) is 0 Å². The molecule has 2 nitrogen and oxygen atoms in total. The minimum Gasteiger partial charge on any atom is -0.391 e. The highest BCUT2D eigenvalue weighted by molar-refractivity contribution is 7.80. The lowest BCUT2D eigenvalue weighted by Gasteiger charge is -2.03. The van der Waals surface area contributed by atoms with Gasteiger partial charge in [0, 0.05) is 6.61 Å². The van der Waals surface area contributed by atoms with E-state index in [2.05, 4.69) is 0 Å². The Morgan fingerprint density at radius 3 is 2.75 bits per heavy atom. The van der Waals surface area contributed by atoms with Crippen LogP contribution in [0.3, 0.4) is 0 Å². The second-order valence-electron chi connectivity index (χ2n) is 1.90. The SMILES string of the molecule is NC(=S)[C@@H]1CCCO1. The van der Waals surface area contributed by atoms with Crippen molar-refractivity contribution in [1.29, 1.82) is 0 Å². The van der Waals surface area contributed by atoms with Gasteiger partial charge in [0.1, 0.15) is 11.1 Å². The molecule has 0 aromatic carbocycles. The molecular weight excluding hydrogens is 122 g/mol. The number of hydrogen-bond donors (Lipinski definition) is 1. The van der Waals surface area contributed by atoms with E-state index in [1.807, 2.05) is 0 Å². The molecule has 0 spiro atoms. The van der Waals surface area contributed by atoms with Crippen molar-refractivity contribution in [3.05, 3.63) is 0 Å². The maximum Gasteiger partial charge on any atom is 0.107 e. The lowest BCUT2D eigenvalue weighted by atomic mass is 10.2. The normalized spacial score (nSPS) is 28.2. The first kappa shape index (κ1) is 5.98.